The van der Waals surface area contributed by atoms with Gasteiger partial charge in [0.2, 0.25) is 0 Å². The third-order valence-corrected chi connectivity index (χ3v) is 4.61. The highest BCUT2D eigenvalue weighted by Gasteiger charge is 2.33. The van der Waals surface area contributed by atoms with E-state index in [4.69, 9.17) is 51.1 Å². The van der Waals surface area contributed by atoms with E-state index in [1.54, 1.807) is 6.92 Å². The molecule has 0 radical (unpaired) electrons. The molecule has 0 aromatic heterocycles. The maximum Gasteiger partial charge on any atom is 0.416 e. The minimum absolute atomic E-state index is 0.0254. The van der Waals surface area contributed by atoms with E-state index in [-0.39, 0.29) is 24.0 Å². The average molecular weight is 514 g/mol. The van der Waals surface area contributed by atoms with Crippen molar-refractivity contribution in [3.05, 3.63) is 55.5 Å². The van der Waals surface area contributed by atoms with E-state index < -0.39 is 43.6 Å². The number of rotatable bonds is 3. The van der Waals surface area contributed by atoms with Crippen LogP contribution in [0.15, 0.2) is 29.3 Å². The molecule has 0 fully saturated rings. The Hall–Kier alpha value is -1.55. The molecule has 3 nitrogen and oxygen atoms in total. The molecule has 0 amide bonds. The number of amidine groups is 1. The van der Waals surface area contributed by atoms with Crippen LogP contribution in [0.25, 0.3) is 0 Å². The second kappa shape index (κ2) is 9.30. The highest BCUT2D eigenvalue weighted by atomic mass is 35.5. The van der Waals surface area contributed by atoms with Gasteiger partial charge < -0.3 is 10.1 Å². The number of nitrogens with zero attached hydrogens (tertiary/aromatic N) is 1. The summed E-state index contributed by atoms with van der Waals surface area (Å²) in [6.07, 6.45) is -9.36. The maximum absolute atomic E-state index is 12.9. The Balaban J connectivity index is 2.48. The van der Waals surface area contributed by atoms with E-state index in [1.165, 1.54) is 0 Å². The zero-order chi connectivity index (χ0) is 22.9. The Kier molecular flexibility index (Phi) is 7.66. The van der Waals surface area contributed by atoms with Crippen LogP contribution in [0.1, 0.15) is 18.1 Å². The first-order chi connectivity index (χ1) is 13.7. The molecule has 0 aliphatic heterocycles. The van der Waals surface area contributed by atoms with Gasteiger partial charge in [0.15, 0.2) is 0 Å². The third-order valence-electron chi connectivity index (χ3n) is 3.44. The van der Waals surface area contributed by atoms with E-state index in [2.05, 4.69) is 10.3 Å². The molecule has 0 aliphatic rings. The molecule has 30 heavy (non-hydrogen) atoms. The van der Waals surface area contributed by atoms with E-state index in [0.29, 0.717) is 24.3 Å². The summed E-state index contributed by atoms with van der Waals surface area (Å²) in [5.41, 5.74) is -2.60. The van der Waals surface area contributed by atoms with Gasteiger partial charge in [0, 0.05) is 0 Å². The lowest BCUT2D eigenvalue weighted by Gasteiger charge is -2.16. The maximum atomic E-state index is 12.9. The summed E-state index contributed by atoms with van der Waals surface area (Å²) in [4.78, 5) is 3.93. The van der Waals surface area contributed by atoms with E-state index in [0.717, 1.165) is 0 Å². The summed E-state index contributed by atoms with van der Waals surface area (Å²) >= 11 is 23.5. The molecule has 0 aliphatic carbocycles. The Morgan fingerprint density at radius 2 is 1.23 bits per heavy atom. The first kappa shape index (κ1) is 24.7. The van der Waals surface area contributed by atoms with E-state index >= 15 is 0 Å². The summed E-state index contributed by atoms with van der Waals surface area (Å²) in [5.74, 6) is 0. The molecule has 164 valence electrons. The molecule has 13 heteroatoms. The van der Waals surface area contributed by atoms with Crippen LogP contribution in [-0.2, 0) is 17.1 Å². The highest BCUT2D eigenvalue weighted by Crippen LogP contribution is 2.41. The van der Waals surface area contributed by atoms with Gasteiger partial charge in [0.05, 0.1) is 43.5 Å². The molecule has 1 N–H and O–H groups in total. The van der Waals surface area contributed by atoms with Gasteiger partial charge in [-0.1, -0.05) is 46.4 Å². The fourth-order valence-corrected chi connectivity index (χ4v) is 3.29. The predicted octanol–water partition coefficient (Wildman–Crippen LogP) is 8.47. The molecular weight excluding hydrogens is 504 g/mol. The number of aliphatic imine (C=N–C) groups is 1. The quantitative estimate of drug-likeness (QED) is 0.253. The van der Waals surface area contributed by atoms with Crippen molar-refractivity contribution in [1.82, 2.24) is 0 Å². The van der Waals surface area contributed by atoms with Crippen LogP contribution < -0.4 is 5.32 Å². The average Bonchev–Trinajstić information content (AvgIpc) is 2.59. The molecule has 0 spiro atoms. The summed E-state index contributed by atoms with van der Waals surface area (Å²) in [7, 11) is 0. The van der Waals surface area contributed by atoms with Crippen molar-refractivity contribution in [2.24, 2.45) is 4.99 Å². The third kappa shape index (κ3) is 6.00. The lowest BCUT2D eigenvalue weighted by atomic mass is 10.2. The number of nitrogens with one attached hydrogen (secondary N) is 1. The highest BCUT2D eigenvalue weighted by molar-refractivity contribution is 6.40. The standard InChI is InChI=1S/C17H10Cl4F6N2O/c1-2-30-15(28-13-9(18)3-7(4-10(13)19)16(22,23)24)29-14-11(20)5-8(6-12(14)21)17(25,26)27/h3-6H,2H2,1H3,(H,28,29). The second-order valence-electron chi connectivity index (χ2n) is 5.57. The fourth-order valence-electron chi connectivity index (χ4n) is 2.13. The largest absolute Gasteiger partial charge is 0.465 e. The number of anilines is 1. The molecular formula is C17H10Cl4F6N2O. The molecule has 2 rings (SSSR count). The fraction of sp³-hybridized carbons (Fsp3) is 0.235. The van der Waals surface area contributed by atoms with Crippen molar-refractivity contribution in [3.8, 4) is 0 Å². The van der Waals surface area contributed by atoms with Gasteiger partial charge in [-0.25, -0.2) is 0 Å². The van der Waals surface area contributed by atoms with Crippen LogP contribution in [0.2, 0.25) is 20.1 Å². The van der Waals surface area contributed by atoms with Gasteiger partial charge >= 0.3 is 12.4 Å². The number of alkyl halides is 6. The monoisotopic (exact) mass is 512 g/mol. The molecule has 2 aromatic carbocycles. The van der Waals surface area contributed by atoms with Crippen LogP contribution in [0.5, 0.6) is 0 Å². The summed E-state index contributed by atoms with van der Waals surface area (Å²) in [6, 6.07) is 2.15. The molecule has 2 aromatic rings. The van der Waals surface area contributed by atoms with Crippen molar-refractivity contribution < 1.29 is 31.1 Å². The smallest absolute Gasteiger partial charge is 0.416 e. The molecule has 0 saturated carbocycles. The minimum atomic E-state index is -4.68. The molecule has 0 bridgehead atoms. The molecule has 0 unspecified atom stereocenters. The Bertz CT molecular complexity index is 930. The van der Waals surface area contributed by atoms with Crippen LogP contribution >= 0.6 is 46.4 Å². The van der Waals surface area contributed by atoms with Gasteiger partial charge in [0.25, 0.3) is 6.02 Å². The van der Waals surface area contributed by atoms with Crippen LogP contribution in [-0.4, -0.2) is 12.6 Å². The summed E-state index contributed by atoms with van der Waals surface area (Å²) in [5, 5.41) is 0.843. The Morgan fingerprint density at radius 1 is 0.833 bits per heavy atom. The summed E-state index contributed by atoms with van der Waals surface area (Å²) < 4.78 is 82.4. The number of hydrogen-bond acceptors (Lipinski definition) is 2. The molecule has 0 saturated heterocycles. The Morgan fingerprint density at radius 3 is 1.60 bits per heavy atom. The van der Waals surface area contributed by atoms with Crippen LogP contribution in [0.4, 0.5) is 37.7 Å². The normalized spacial score (nSPS) is 12.8. The van der Waals surface area contributed by atoms with Gasteiger partial charge in [-0.2, -0.15) is 31.3 Å². The topological polar surface area (TPSA) is 33.6 Å². The van der Waals surface area contributed by atoms with Gasteiger partial charge in [-0.15, -0.1) is 0 Å². The SMILES string of the molecule is CCOC(=Nc1c(Cl)cc(C(F)(F)F)cc1Cl)Nc1c(Cl)cc(C(F)(F)F)cc1Cl. The van der Waals surface area contributed by atoms with Crippen molar-refractivity contribution in [2.75, 3.05) is 11.9 Å². The number of hydrogen-bond donors (Lipinski definition) is 1. The molecule has 0 atom stereocenters. The second-order valence-corrected chi connectivity index (χ2v) is 7.20. The first-order valence-corrected chi connectivity index (χ1v) is 9.36. The van der Waals surface area contributed by atoms with Crippen molar-refractivity contribution in [1.29, 1.82) is 0 Å². The lowest BCUT2D eigenvalue weighted by Crippen LogP contribution is -2.17. The number of ether oxygens (including phenoxy) is 1. The minimum Gasteiger partial charge on any atom is -0.465 e. The summed E-state index contributed by atoms with van der Waals surface area (Å²) in [6.45, 7) is 1.58. The Labute approximate surface area is 186 Å². The van der Waals surface area contributed by atoms with Gasteiger partial charge in [-0.05, 0) is 31.2 Å². The molecule has 0 heterocycles. The van der Waals surface area contributed by atoms with E-state index in [9.17, 15) is 26.3 Å². The van der Waals surface area contributed by atoms with Gasteiger partial charge in [0.1, 0.15) is 5.69 Å². The van der Waals surface area contributed by atoms with Crippen molar-refractivity contribution in [3.63, 3.8) is 0 Å². The van der Waals surface area contributed by atoms with E-state index in [1.807, 2.05) is 0 Å². The van der Waals surface area contributed by atoms with Crippen molar-refractivity contribution >= 4 is 63.8 Å². The predicted molar refractivity (Wildman–Crippen MR) is 105 cm³/mol. The van der Waals surface area contributed by atoms with Gasteiger partial charge in [-0.3, -0.25) is 0 Å². The number of benzene rings is 2. The van der Waals surface area contributed by atoms with Crippen LogP contribution in [0, 0.1) is 0 Å². The van der Waals surface area contributed by atoms with Crippen molar-refractivity contribution in [2.45, 2.75) is 19.3 Å². The first-order valence-electron chi connectivity index (χ1n) is 7.85. The lowest BCUT2D eigenvalue weighted by molar-refractivity contribution is -0.138. The number of halogens is 10. The zero-order valence-corrected chi connectivity index (χ0v) is 17.7. The van der Waals surface area contributed by atoms with Crippen LogP contribution in [0.3, 0.4) is 0 Å². The zero-order valence-electron chi connectivity index (χ0n) is 14.7.